The van der Waals surface area contributed by atoms with Gasteiger partial charge in [-0.25, -0.2) is 0 Å². The first-order valence-corrected chi connectivity index (χ1v) is 1.92. The van der Waals surface area contributed by atoms with E-state index in [0.717, 1.165) is 0 Å². The predicted octanol–water partition coefficient (Wildman–Crippen LogP) is -1.16. The second-order valence-electron chi connectivity index (χ2n) is 1.15. The Hall–Kier alpha value is -1.39. The van der Waals surface area contributed by atoms with Gasteiger partial charge in [0.1, 0.15) is 0 Å². The van der Waals surface area contributed by atoms with Crippen LogP contribution in [0.5, 0.6) is 0 Å². The highest BCUT2D eigenvalue weighted by Gasteiger charge is 1.87. The summed E-state index contributed by atoms with van der Waals surface area (Å²) in [5.41, 5.74) is 10.2. The van der Waals surface area contributed by atoms with E-state index in [9.17, 15) is 0 Å². The summed E-state index contributed by atoms with van der Waals surface area (Å²) >= 11 is 0. The van der Waals surface area contributed by atoms with Crippen LogP contribution in [0.15, 0.2) is 0 Å². The van der Waals surface area contributed by atoms with Crippen molar-refractivity contribution in [2.75, 3.05) is 11.5 Å². The van der Waals surface area contributed by atoms with E-state index in [1.165, 1.54) is 0 Å². The summed E-state index contributed by atoms with van der Waals surface area (Å²) in [6.07, 6.45) is 2.22. The number of hydrogen-bond donors (Lipinski definition) is 2. The first kappa shape index (κ1) is 4.76. The monoisotopic (exact) mass is 110 g/mol. The zero-order chi connectivity index (χ0) is 5.98. The fraction of sp³-hybridized carbons (Fsp3) is 0. The second kappa shape index (κ2) is 1.61. The lowest BCUT2D eigenvalue weighted by molar-refractivity contribution is 1.06. The lowest BCUT2D eigenvalue weighted by atomic mass is 10.9. The standard InChI is InChI=1S/C3H4N5/c4-2-6-1-7-3(5)8-2/h(H4,4,5,6,7,8). The third-order valence-electron chi connectivity index (χ3n) is 0.558. The molecule has 1 aromatic heterocycles. The summed E-state index contributed by atoms with van der Waals surface area (Å²) in [7, 11) is 0. The summed E-state index contributed by atoms with van der Waals surface area (Å²) in [6, 6.07) is 0. The molecule has 1 radical (unpaired) electrons. The minimum Gasteiger partial charge on any atom is -0.368 e. The van der Waals surface area contributed by atoms with Crippen molar-refractivity contribution in [1.82, 2.24) is 15.0 Å². The summed E-state index contributed by atoms with van der Waals surface area (Å²) in [6.45, 7) is 0. The second-order valence-corrected chi connectivity index (χ2v) is 1.15. The van der Waals surface area contributed by atoms with Gasteiger partial charge >= 0.3 is 0 Å². The fourth-order valence-corrected chi connectivity index (χ4v) is 0.295. The Morgan fingerprint density at radius 2 is 1.62 bits per heavy atom. The SMILES string of the molecule is Nc1n[c]nc(N)n1. The Morgan fingerprint density at radius 3 is 1.88 bits per heavy atom. The van der Waals surface area contributed by atoms with Crippen LogP contribution in [0.3, 0.4) is 0 Å². The summed E-state index contributed by atoms with van der Waals surface area (Å²) < 4.78 is 0. The molecule has 4 N–H and O–H groups in total. The van der Waals surface area contributed by atoms with Gasteiger partial charge in [-0.05, 0) is 0 Å². The molecule has 0 bridgehead atoms. The molecule has 0 fully saturated rings. The molecule has 5 heteroatoms. The van der Waals surface area contributed by atoms with Crippen LogP contribution in [-0.2, 0) is 0 Å². The Kier molecular flexibility index (Phi) is 0.957. The minimum absolute atomic E-state index is 0.0949. The zero-order valence-electron chi connectivity index (χ0n) is 4.00. The van der Waals surface area contributed by atoms with Crippen LogP contribution in [0.2, 0.25) is 0 Å². The van der Waals surface area contributed by atoms with Gasteiger partial charge in [0.15, 0.2) is 0 Å². The lowest BCUT2D eigenvalue weighted by Crippen LogP contribution is -2.00. The van der Waals surface area contributed by atoms with Crippen molar-refractivity contribution in [1.29, 1.82) is 0 Å². The average Bonchev–Trinajstić information content (AvgIpc) is 1.64. The number of nitrogens with zero attached hydrogens (tertiary/aromatic N) is 3. The highest BCUT2D eigenvalue weighted by atomic mass is 15.1. The maximum Gasteiger partial charge on any atom is 0.225 e. The van der Waals surface area contributed by atoms with Crippen molar-refractivity contribution in [3.05, 3.63) is 6.33 Å². The van der Waals surface area contributed by atoms with Crippen molar-refractivity contribution in [2.24, 2.45) is 0 Å². The number of nitrogen functional groups attached to an aromatic ring is 2. The Morgan fingerprint density at radius 1 is 1.12 bits per heavy atom. The van der Waals surface area contributed by atoms with Crippen LogP contribution in [0.1, 0.15) is 0 Å². The van der Waals surface area contributed by atoms with Gasteiger partial charge in [-0.3, -0.25) is 0 Å². The highest BCUT2D eigenvalue weighted by molar-refractivity contribution is 5.22. The summed E-state index contributed by atoms with van der Waals surface area (Å²) in [4.78, 5) is 10.3. The van der Waals surface area contributed by atoms with Crippen molar-refractivity contribution < 1.29 is 0 Å². The summed E-state index contributed by atoms with van der Waals surface area (Å²) in [5, 5.41) is 0. The first-order chi connectivity index (χ1) is 3.79. The molecule has 0 aliphatic carbocycles. The van der Waals surface area contributed by atoms with Crippen molar-refractivity contribution in [3.8, 4) is 0 Å². The average molecular weight is 110 g/mol. The van der Waals surface area contributed by atoms with Crippen molar-refractivity contribution in [2.45, 2.75) is 0 Å². The van der Waals surface area contributed by atoms with E-state index in [1.54, 1.807) is 0 Å². The number of hydrogen-bond acceptors (Lipinski definition) is 5. The van der Waals surface area contributed by atoms with E-state index >= 15 is 0 Å². The van der Waals surface area contributed by atoms with Gasteiger partial charge in [0, 0.05) is 0 Å². The molecule has 0 aliphatic heterocycles. The van der Waals surface area contributed by atoms with Crippen LogP contribution < -0.4 is 11.5 Å². The third kappa shape index (κ3) is 0.810. The minimum atomic E-state index is 0.0949. The van der Waals surface area contributed by atoms with Gasteiger partial charge in [-0.15, -0.1) is 0 Å². The molecule has 0 saturated heterocycles. The number of aromatic nitrogens is 3. The van der Waals surface area contributed by atoms with E-state index < -0.39 is 0 Å². The van der Waals surface area contributed by atoms with Gasteiger partial charge in [-0.2, -0.15) is 15.0 Å². The number of nitrogens with two attached hydrogens (primary N) is 2. The maximum absolute atomic E-state index is 5.09. The molecule has 0 aromatic carbocycles. The van der Waals surface area contributed by atoms with Crippen LogP contribution >= 0.6 is 0 Å². The molecule has 41 valence electrons. The normalized spacial score (nSPS) is 9.00. The van der Waals surface area contributed by atoms with E-state index in [4.69, 9.17) is 11.5 Å². The van der Waals surface area contributed by atoms with Crippen molar-refractivity contribution >= 4 is 11.9 Å². The Labute approximate surface area is 45.8 Å². The number of anilines is 2. The lowest BCUT2D eigenvalue weighted by Gasteiger charge is -1.87. The van der Waals surface area contributed by atoms with Gasteiger partial charge in [0.25, 0.3) is 0 Å². The Balaban J connectivity index is 3.08. The van der Waals surface area contributed by atoms with E-state index in [1.807, 2.05) is 0 Å². The molecular weight excluding hydrogens is 106 g/mol. The van der Waals surface area contributed by atoms with Crippen LogP contribution in [-0.4, -0.2) is 15.0 Å². The smallest absolute Gasteiger partial charge is 0.225 e. The molecule has 1 aromatic rings. The molecule has 1 rings (SSSR count). The van der Waals surface area contributed by atoms with Gasteiger partial charge in [-0.1, -0.05) is 0 Å². The zero-order valence-corrected chi connectivity index (χ0v) is 4.00. The molecule has 1 heterocycles. The highest BCUT2D eigenvalue weighted by Crippen LogP contribution is 1.88. The topological polar surface area (TPSA) is 90.7 Å². The largest absolute Gasteiger partial charge is 0.368 e. The molecule has 5 nitrogen and oxygen atoms in total. The molecule has 0 spiro atoms. The maximum atomic E-state index is 5.09. The van der Waals surface area contributed by atoms with Gasteiger partial charge in [0.05, 0.1) is 0 Å². The quantitative estimate of drug-likeness (QED) is 0.439. The molecule has 0 aliphatic rings. The molecule has 0 amide bonds. The Bertz CT molecular complexity index is 168. The van der Waals surface area contributed by atoms with Crippen LogP contribution in [0.25, 0.3) is 0 Å². The van der Waals surface area contributed by atoms with Crippen LogP contribution in [0.4, 0.5) is 11.9 Å². The van der Waals surface area contributed by atoms with Crippen molar-refractivity contribution in [3.63, 3.8) is 0 Å². The van der Waals surface area contributed by atoms with E-state index in [0.29, 0.717) is 0 Å². The predicted molar refractivity (Wildman–Crippen MR) is 27.5 cm³/mol. The van der Waals surface area contributed by atoms with Crippen LogP contribution in [0, 0.1) is 6.33 Å². The molecular formula is C3H4N5. The van der Waals surface area contributed by atoms with Gasteiger partial charge < -0.3 is 11.5 Å². The van der Waals surface area contributed by atoms with E-state index in [-0.39, 0.29) is 11.9 Å². The molecule has 8 heavy (non-hydrogen) atoms. The molecule has 0 unspecified atom stereocenters. The summed E-state index contributed by atoms with van der Waals surface area (Å²) in [5.74, 6) is 0.190. The third-order valence-corrected chi connectivity index (χ3v) is 0.558. The number of rotatable bonds is 0. The van der Waals surface area contributed by atoms with E-state index in [2.05, 4.69) is 21.3 Å². The van der Waals surface area contributed by atoms with Gasteiger partial charge in [0.2, 0.25) is 18.2 Å². The first-order valence-electron chi connectivity index (χ1n) is 1.92. The molecule has 0 atom stereocenters. The fourth-order valence-electron chi connectivity index (χ4n) is 0.295. The molecule has 0 saturated carbocycles.